The van der Waals surface area contributed by atoms with Crippen LogP contribution < -0.4 is 10.1 Å². The Morgan fingerprint density at radius 3 is 2.64 bits per heavy atom. The second kappa shape index (κ2) is 6.57. The number of aromatic nitrogens is 1. The lowest BCUT2D eigenvalue weighted by Gasteiger charge is -2.11. The summed E-state index contributed by atoms with van der Waals surface area (Å²) in [5, 5.41) is 2.59. The predicted octanol–water partition coefficient (Wildman–Crippen LogP) is 2.14. The smallest absolute Gasteiger partial charge is 0.261 e. The second-order valence-corrected chi connectivity index (χ2v) is 6.50. The highest BCUT2D eigenvalue weighted by Gasteiger charge is 2.18. The third kappa shape index (κ3) is 3.62. The Morgan fingerprint density at radius 1 is 1.23 bits per heavy atom. The molecule has 2 rings (SSSR count). The maximum atomic E-state index is 12.4. The molecule has 1 amide bonds. The van der Waals surface area contributed by atoms with Crippen molar-refractivity contribution in [1.29, 1.82) is 0 Å². The van der Waals surface area contributed by atoms with Gasteiger partial charge in [0.1, 0.15) is 5.56 Å². The number of carbonyl (C=O) groups is 1. The molecule has 1 N–H and O–H groups in total. The molecule has 1 heterocycles. The number of pyridine rings is 1. The van der Waals surface area contributed by atoms with Crippen LogP contribution in [0.1, 0.15) is 17.3 Å². The molecule has 0 fully saturated rings. The summed E-state index contributed by atoms with van der Waals surface area (Å²) in [5.74, 6) is -0.271. The van der Waals surface area contributed by atoms with Gasteiger partial charge in [0.25, 0.3) is 5.91 Å². The topological polar surface area (TPSA) is 85.4 Å². The molecule has 0 saturated heterocycles. The van der Waals surface area contributed by atoms with Crippen molar-refractivity contribution in [2.24, 2.45) is 0 Å². The molecule has 0 unspecified atom stereocenters. The van der Waals surface area contributed by atoms with Crippen LogP contribution in [0, 0.1) is 0 Å². The summed E-state index contributed by atoms with van der Waals surface area (Å²) in [5.41, 5.74) is 0.467. The molecule has 0 saturated carbocycles. The number of amides is 1. The molecule has 22 heavy (non-hydrogen) atoms. The van der Waals surface area contributed by atoms with Gasteiger partial charge < -0.3 is 10.1 Å². The number of sulfone groups is 1. The van der Waals surface area contributed by atoms with Crippen molar-refractivity contribution < 1.29 is 17.9 Å². The largest absolute Gasteiger partial charge is 0.477 e. The number of rotatable bonds is 5. The zero-order valence-electron chi connectivity index (χ0n) is 12.2. The Bertz CT molecular complexity index is 788. The first-order chi connectivity index (χ1) is 10.4. The van der Waals surface area contributed by atoms with Gasteiger partial charge in [0.15, 0.2) is 9.84 Å². The van der Waals surface area contributed by atoms with Gasteiger partial charge in [-0.3, -0.25) is 4.79 Å². The fraction of sp³-hybridized carbons (Fsp3) is 0.200. The summed E-state index contributed by atoms with van der Waals surface area (Å²) >= 11 is 0. The minimum atomic E-state index is -3.44. The molecule has 6 nitrogen and oxygen atoms in total. The quantitative estimate of drug-likeness (QED) is 0.912. The van der Waals surface area contributed by atoms with Crippen LogP contribution in [0.25, 0.3) is 0 Å². The number of benzene rings is 1. The number of hydrogen-bond donors (Lipinski definition) is 1. The highest BCUT2D eigenvalue weighted by Crippen LogP contribution is 2.23. The molecular formula is C15H16N2O4S. The Morgan fingerprint density at radius 2 is 1.95 bits per heavy atom. The van der Waals surface area contributed by atoms with Crippen molar-refractivity contribution in [2.75, 3.05) is 18.2 Å². The van der Waals surface area contributed by atoms with Crippen LogP contribution in [0.5, 0.6) is 5.88 Å². The minimum absolute atomic E-state index is 0.0604. The van der Waals surface area contributed by atoms with Crippen molar-refractivity contribution >= 4 is 21.4 Å². The molecule has 0 atom stereocenters. The number of anilines is 1. The van der Waals surface area contributed by atoms with Gasteiger partial charge in [-0.05, 0) is 31.2 Å². The number of carbonyl (C=O) groups excluding carboxylic acids is 1. The van der Waals surface area contributed by atoms with Crippen LogP contribution >= 0.6 is 0 Å². The molecule has 0 aliphatic heterocycles. The van der Waals surface area contributed by atoms with E-state index in [-0.39, 0.29) is 22.0 Å². The Hall–Kier alpha value is -2.41. The average molecular weight is 320 g/mol. The lowest BCUT2D eigenvalue weighted by Crippen LogP contribution is -2.16. The third-order valence-electron chi connectivity index (χ3n) is 2.83. The van der Waals surface area contributed by atoms with Gasteiger partial charge in [-0.25, -0.2) is 13.4 Å². The molecule has 2 aromatic rings. The van der Waals surface area contributed by atoms with E-state index in [2.05, 4.69) is 10.3 Å². The van der Waals surface area contributed by atoms with Crippen molar-refractivity contribution in [2.45, 2.75) is 11.8 Å². The molecule has 1 aromatic heterocycles. The SMILES string of the molecule is CCOc1ncccc1C(=O)Nc1ccccc1S(C)(=O)=O. The molecule has 1 aromatic carbocycles. The van der Waals surface area contributed by atoms with Gasteiger partial charge in [0.05, 0.1) is 17.2 Å². The van der Waals surface area contributed by atoms with Crippen LogP contribution in [0.4, 0.5) is 5.69 Å². The van der Waals surface area contributed by atoms with E-state index in [9.17, 15) is 13.2 Å². The van der Waals surface area contributed by atoms with E-state index < -0.39 is 15.7 Å². The normalized spacial score (nSPS) is 11.0. The van der Waals surface area contributed by atoms with E-state index in [0.717, 1.165) is 6.26 Å². The third-order valence-corrected chi connectivity index (χ3v) is 3.99. The number of nitrogens with zero attached hydrogens (tertiary/aromatic N) is 1. The van der Waals surface area contributed by atoms with E-state index in [1.54, 1.807) is 31.2 Å². The second-order valence-electron chi connectivity index (χ2n) is 4.51. The first-order valence-corrected chi connectivity index (χ1v) is 8.51. The van der Waals surface area contributed by atoms with E-state index in [4.69, 9.17) is 4.74 Å². The lowest BCUT2D eigenvalue weighted by molar-refractivity contribution is 0.102. The van der Waals surface area contributed by atoms with Crippen LogP contribution in [0.3, 0.4) is 0 Å². The van der Waals surface area contributed by atoms with Crippen LogP contribution in [-0.2, 0) is 9.84 Å². The number of para-hydroxylation sites is 1. The molecule has 0 radical (unpaired) electrons. The zero-order chi connectivity index (χ0) is 16.2. The van der Waals surface area contributed by atoms with Gasteiger partial charge in [-0.1, -0.05) is 12.1 Å². The average Bonchev–Trinajstić information content (AvgIpc) is 2.47. The van der Waals surface area contributed by atoms with E-state index in [1.807, 2.05) is 0 Å². The van der Waals surface area contributed by atoms with Gasteiger partial charge in [0, 0.05) is 12.5 Å². The van der Waals surface area contributed by atoms with Crippen molar-refractivity contribution in [3.63, 3.8) is 0 Å². The molecule has 116 valence electrons. The highest BCUT2D eigenvalue weighted by atomic mass is 32.2. The van der Waals surface area contributed by atoms with Gasteiger partial charge in [-0.2, -0.15) is 0 Å². The van der Waals surface area contributed by atoms with Gasteiger partial charge >= 0.3 is 0 Å². The Labute approximate surface area is 129 Å². The molecule has 0 spiro atoms. The monoisotopic (exact) mass is 320 g/mol. The maximum absolute atomic E-state index is 12.4. The highest BCUT2D eigenvalue weighted by molar-refractivity contribution is 7.90. The van der Waals surface area contributed by atoms with Crippen LogP contribution in [-0.4, -0.2) is 32.2 Å². The molecule has 7 heteroatoms. The van der Waals surface area contributed by atoms with Crippen molar-refractivity contribution in [1.82, 2.24) is 4.98 Å². The zero-order valence-corrected chi connectivity index (χ0v) is 13.1. The van der Waals surface area contributed by atoms with Crippen LogP contribution in [0.2, 0.25) is 0 Å². The molecular weight excluding hydrogens is 304 g/mol. The summed E-state index contributed by atoms with van der Waals surface area (Å²) in [6, 6.07) is 9.40. The van der Waals surface area contributed by atoms with Crippen molar-refractivity contribution in [3.8, 4) is 5.88 Å². The Balaban J connectivity index is 2.35. The van der Waals surface area contributed by atoms with E-state index >= 15 is 0 Å². The van der Waals surface area contributed by atoms with Crippen molar-refractivity contribution in [3.05, 3.63) is 48.2 Å². The summed E-state index contributed by atoms with van der Waals surface area (Å²) in [4.78, 5) is 16.4. The molecule has 0 aliphatic rings. The van der Waals surface area contributed by atoms with E-state index in [1.165, 1.54) is 18.3 Å². The van der Waals surface area contributed by atoms with Crippen LogP contribution in [0.15, 0.2) is 47.5 Å². The standard InChI is InChI=1S/C15H16N2O4S/c1-3-21-15-11(7-6-10-16-15)14(18)17-12-8-4-5-9-13(12)22(2,19)20/h4-10H,3H2,1-2H3,(H,17,18). The predicted molar refractivity (Wildman–Crippen MR) is 82.9 cm³/mol. The summed E-state index contributed by atoms with van der Waals surface area (Å²) in [7, 11) is -3.44. The summed E-state index contributed by atoms with van der Waals surface area (Å²) < 4.78 is 28.8. The lowest BCUT2D eigenvalue weighted by atomic mass is 10.2. The maximum Gasteiger partial charge on any atom is 0.261 e. The first-order valence-electron chi connectivity index (χ1n) is 6.61. The number of nitrogens with one attached hydrogen (secondary N) is 1. The number of hydrogen-bond acceptors (Lipinski definition) is 5. The fourth-order valence-corrected chi connectivity index (χ4v) is 2.74. The molecule has 0 aliphatic carbocycles. The first kappa shape index (κ1) is 16.0. The molecule has 0 bridgehead atoms. The summed E-state index contributed by atoms with van der Waals surface area (Å²) in [6.45, 7) is 2.16. The Kier molecular flexibility index (Phi) is 4.77. The minimum Gasteiger partial charge on any atom is -0.477 e. The van der Waals surface area contributed by atoms with E-state index in [0.29, 0.717) is 6.61 Å². The summed E-state index contributed by atoms with van der Waals surface area (Å²) in [6.07, 6.45) is 2.61. The van der Waals surface area contributed by atoms with Gasteiger partial charge in [0.2, 0.25) is 5.88 Å². The fourth-order valence-electron chi connectivity index (χ4n) is 1.90. The van der Waals surface area contributed by atoms with Gasteiger partial charge in [-0.15, -0.1) is 0 Å². The number of ether oxygens (including phenoxy) is 1.